The van der Waals surface area contributed by atoms with Gasteiger partial charge in [0.2, 0.25) is 21.8 Å². The molecule has 0 bridgehead atoms. The third kappa shape index (κ3) is 4.69. The molecule has 0 unspecified atom stereocenters. The molecule has 180 valence electrons. The van der Waals surface area contributed by atoms with E-state index in [1.54, 1.807) is 18.2 Å². The molecule has 2 saturated carbocycles. The van der Waals surface area contributed by atoms with Crippen LogP contribution in [0.4, 0.5) is 5.69 Å². The summed E-state index contributed by atoms with van der Waals surface area (Å²) in [6, 6.07) is 5.22. The van der Waals surface area contributed by atoms with Crippen LogP contribution in [0.15, 0.2) is 23.1 Å². The molecular weight excluding hydrogens is 438 g/mol. The first-order valence-corrected chi connectivity index (χ1v) is 14.1. The molecular formula is C25H35N3O4S. The van der Waals surface area contributed by atoms with E-state index in [9.17, 15) is 18.0 Å². The minimum atomic E-state index is -3.61. The van der Waals surface area contributed by atoms with Crippen molar-refractivity contribution in [1.82, 2.24) is 9.62 Å². The van der Waals surface area contributed by atoms with Crippen LogP contribution in [0, 0.1) is 17.8 Å². The van der Waals surface area contributed by atoms with Crippen molar-refractivity contribution in [2.24, 2.45) is 17.8 Å². The summed E-state index contributed by atoms with van der Waals surface area (Å²) in [7, 11) is -3.61. The molecule has 0 aromatic heterocycles. The number of benzene rings is 1. The van der Waals surface area contributed by atoms with Gasteiger partial charge >= 0.3 is 0 Å². The summed E-state index contributed by atoms with van der Waals surface area (Å²) in [5.41, 5.74) is 1.79. The van der Waals surface area contributed by atoms with Gasteiger partial charge in [-0.2, -0.15) is 0 Å². The molecule has 2 heterocycles. The Morgan fingerprint density at radius 1 is 0.970 bits per heavy atom. The number of carbonyl (C=O) groups is 2. The molecule has 0 radical (unpaired) electrons. The first kappa shape index (κ1) is 22.8. The number of nitrogens with zero attached hydrogens (tertiary/aromatic N) is 2. The van der Waals surface area contributed by atoms with Crippen LogP contribution < -0.4 is 9.62 Å². The van der Waals surface area contributed by atoms with Gasteiger partial charge < -0.3 is 9.80 Å². The van der Waals surface area contributed by atoms with Gasteiger partial charge in [-0.3, -0.25) is 9.59 Å². The minimum Gasteiger partial charge on any atom is -0.342 e. The van der Waals surface area contributed by atoms with Gasteiger partial charge in [0.1, 0.15) is 0 Å². The molecule has 7 nitrogen and oxygen atoms in total. The van der Waals surface area contributed by atoms with Crippen molar-refractivity contribution in [2.45, 2.75) is 75.6 Å². The lowest BCUT2D eigenvalue weighted by Crippen LogP contribution is -2.37. The minimum absolute atomic E-state index is 0.0671. The largest absolute Gasteiger partial charge is 0.342 e. The number of sulfonamides is 1. The van der Waals surface area contributed by atoms with E-state index in [4.69, 9.17) is 0 Å². The second-order valence-electron chi connectivity index (χ2n) is 10.4. The number of carbonyl (C=O) groups excluding carboxylic acids is 2. The summed E-state index contributed by atoms with van der Waals surface area (Å²) in [5, 5.41) is 0. The van der Waals surface area contributed by atoms with E-state index in [-0.39, 0.29) is 34.6 Å². The zero-order valence-electron chi connectivity index (χ0n) is 19.5. The van der Waals surface area contributed by atoms with Gasteiger partial charge in [-0.1, -0.05) is 0 Å². The first-order chi connectivity index (χ1) is 15.8. The van der Waals surface area contributed by atoms with Crippen molar-refractivity contribution in [3.05, 3.63) is 23.8 Å². The highest BCUT2D eigenvalue weighted by Crippen LogP contribution is 2.39. The predicted molar refractivity (Wildman–Crippen MR) is 126 cm³/mol. The normalized spacial score (nSPS) is 27.6. The third-order valence-electron chi connectivity index (χ3n) is 7.92. The van der Waals surface area contributed by atoms with Crippen molar-refractivity contribution in [1.29, 1.82) is 0 Å². The fourth-order valence-electron chi connectivity index (χ4n) is 5.76. The average Bonchev–Trinajstić information content (AvgIpc) is 3.41. The van der Waals surface area contributed by atoms with E-state index in [1.807, 2.05) is 16.7 Å². The number of amides is 2. The van der Waals surface area contributed by atoms with Crippen LogP contribution in [-0.4, -0.2) is 50.8 Å². The van der Waals surface area contributed by atoms with Crippen molar-refractivity contribution in [3.63, 3.8) is 0 Å². The maximum absolute atomic E-state index is 13.0. The number of hydrogen-bond donors (Lipinski definition) is 1. The molecule has 1 N–H and O–H groups in total. The van der Waals surface area contributed by atoms with Gasteiger partial charge in [0, 0.05) is 43.2 Å². The second-order valence-corrected chi connectivity index (χ2v) is 12.2. The lowest BCUT2D eigenvalue weighted by molar-refractivity contribution is -0.135. The van der Waals surface area contributed by atoms with Crippen LogP contribution >= 0.6 is 0 Å². The van der Waals surface area contributed by atoms with Gasteiger partial charge in [0.15, 0.2) is 0 Å². The van der Waals surface area contributed by atoms with Gasteiger partial charge in [-0.05, 0) is 94.4 Å². The summed E-state index contributed by atoms with van der Waals surface area (Å²) in [4.78, 5) is 29.4. The highest BCUT2D eigenvalue weighted by atomic mass is 32.2. The van der Waals surface area contributed by atoms with Crippen molar-refractivity contribution >= 4 is 27.5 Å². The number of nitrogens with one attached hydrogen (secondary N) is 1. The molecule has 1 saturated heterocycles. The van der Waals surface area contributed by atoms with E-state index < -0.39 is 10.0 Å². The SMILES string of the molecule is C[C@H]1Cc2cc(S(=O)(=O)NCC3CCC(C(=O)N4CCCC4)CC3)ccc2N1C(=O)C1CC1. The van der Waals surface area contributed by atoms with E-state index >= 15 is 0 Å². The lowest BCUT2D eigenvalue weighted by atomic mass is 9.81. The van der Waals surface area contributed by atoms with Crippen LogP contribution in [0.5, 0.6) is 0 Å². The van der Waals surface area contributed by atoms with Gasteiger partial charge in [-0.15, -0.1) is 0 Å². The Kier molecular flexibility index (Phi) is 6.25. The highest BCUT2D eigenvalue weighted by molar-refractivity contribution is 7.89. The van der Waals surface area contributed by atoms with Crippen LogP contribution in [-0.2, 0) is 26.0 Å². The Morgan fingerprint density at radius 2 is 1.61 bits per heavy atom. The van der Waals surface area contributed by atoms with Crippen molar-refractivity contribution < 1.29 is 18.0 Å². The molecule has 4 aliphatic rings. The van der Waals surface area contributed by atoms with Gasteiger partial charge in [0.05, 0.1) is 4.90 Å². The van der Waals surface area contributed by atoms with Crippen LogP contribution in [0.25, 0.3) is 0 Å². The Labute approximate surface area is 196 Å². The van der Waals surface area contributed by atoms with Crippen LogP contribution in [0.1, 0.15) is 63.9 Å². The monoisotopic (exact) mass is 473 g/mol. The number of likely N-dealkylation sites (tertiary alicyclic amines) is 1. The number of hydrogen-bond acceptors (Lipinski definition) is 4. The summed E-state index contributed by atoms with van der Waals surface area (Å²) in [6.07, 6.45) is 8.29. The molecule has 2 aliphatic carbocycles. The average molecular weight is 474 g/mol. The number of anilines is 1. The zero-order chi connectivity index (χ0) is 23.2. The molecule has 3 fully saturated rings. The van der Waals surface area contributed by atoms with E-state index in [1.165, 1.54) is 0 Å². The quantitative estimate of drug-likeness (QED) is 0.688. The van der Waals surface area contributed by atoms with E-state index in [0.717, 1.165) is 75.7 Å². The molecule has 2 amide bonds. The summed E-state index contributed by atoms with van der Waals surface area (Å²) in [6.45, 7) is 4.22. The van der Waals surface area contributed by atoms with E-state index in [2.05, 4.69) is 4.72 Å². The first-order valence-electron chi connectivity index (χ1n) is 12.6. The lowest BCUT2D eigenvalue weighted by Gasteiger charge is -2.30. The summed E-state index contributed by atoms with van der Waals surface area (Å²) < 4.78 is 28.8. The Hall–Kier alpha value is -1.93. The summed E-state index contributed by atoms with van der Waals surface area (Å²) in [5.74, 6) is 0.991. The van der Waals surface area contributed by atoms with Crippen LogP contribution in [0.3, 0.4) is 0 Å². The van der Waals surface area contributed by atoms with Gasteiger partial charge in [-0.25, -0.2) is 13.1 Å². The van der Waals surface area contributed by atoms with Crippen molar-refractivity contribution in [3.8, 4) is 0 Å². The molecule has 1 aromatic carbocycles. The molecule has 2 aliphatic heterocycles. The Balaban J connectivity index is 1.17. The maximum atomic E-state index is 13.0. The molecule has 1 aromatic rings. The molecule has 33 heavy (non-hydrogen) atoms. The molecule has 1 atom stereocenters. The fourth-order valence-corrected chi connectivity index (χ4v) is 6.92. The molecule has 0 spiro atoms. The Morgan fingerprint density at radius 3 is 2.27 bits per heavy atom. The standard InChI is InChI=1S/C25H35N3O4S/c1-17-14-21-15-22(10-11-23(21)28(17)25(30)20-8-9-20)33(31,32)26-16-18-4-6-19(7-5-18)24(29)27-12-2-3-13-27/h10-11,15,17-20,26H,2-9,12-14,16H2,1H3/t17-,18?,19?/m0/s1. The number of fused-ring (bicyclic) bond motifs is 1. The van der Waals surface area contributed by atoms with Crippen LogP contribution in [0.2, 0.25) is 0 Å². The van der Waals surface area contributed by atoms with Crippen molar-refractivity contribution in [2.75, 3.05) is 24.5 Å². The fraction of sp³-hybridized carbons (Fsp3) is 0.680. The zero-order valence-corrected chi connectivity index (χ0v) is 20.3. The molecule has 5 rings (SSSR count). The second kappa shape index (κ2) is 9.02. The topological polar surface area (TPSA) is 86.8 Å². The third-order valence-corrected chi connectivity index (χ3v) is 9.34. The van der Waals surface area contributed by atoms with E-state index in [0.29, 0.717) is 18.9 Å². The highest BCUT2D eigenvalue weighted by Gasteiger charge is 2.40. The Bertz CT molecular complexity index is 1020. The molecule has 8 heteroatoms. The van der Waals surface area contributed by atoms with Gasteiger partial charge in [0.25, 0.3) is 0 Å². The maximum Gasteiger partial charge on any atom is 0.240 e. The number of rotatable bonds is 6. The summed E-state index contributed by atoms with van der Waals surface area (Å²) >= 11 is 0. The smallest absolute Gasteiger partial charge is 0.240 e. The predicted octanol–water partition coefficient (Wildman–Crippen LogP) is 3.08.